The number of carbonyl (C=O) groups is 1. The Kier molecular flexibility index (Phi) is 5.34. The molecule has 0 aliphatic carbocycles. The van der Waals surface area contributed by atoms with Gasteiger partial charge in [0.1, 0.15) is 0 Å². The van der Waals surface area contributed by atoms with Crippen molar-refractivity contribution in [2.45, 2.75) is 25.7 Å². The highest BCUT2D eigenvalue weighted by Gasteiger charge is 2.12. The highest BCUT2D eigenvalue weighted by atomic mass is 16.1. The van der Waals surface area contributed by atoms with Crippen LogP contribution in [0.25, 0.3) is 0 Å². The molecule has 16 heavy (non-hydrogen) atoms. The molecule has 1 aromatic rings. The molecule has 0 fully saturated rings. The van der Waals surface area contributed by atoms with Gasteiger partial charge in [-0.15, -0.1) is 6.58 Å². The fraction of sp³-hybridized carbons (Fsp3) is 0.357. The van der Waals surface area contributed by atoms with E-state index in [-0.39, 0.29) is 11.8 Å². The van der Waals surface area contributed by atoms with Crippen molar-refractivity contribution in [3.05, 3.63) is 48.6 Å². The summed E-state index contributed by atoms with van der Waals surface area (Å²) in [5.74, 6) is -0.269. The maximum Gasteiger partial charge on any atom is 0.220 e. The number of nitrogens with two attached hydrogens (primary N) is 1. The van der Waals surface area contributed by atoms with Gasteiger partial charge in [-0.05, 0) is 31.2 Å². The van der Waals surface area contributed by atoms with Crippen LogP contribution >= 0.6 is 0 Å². The summed E-state index contributed by atoms with van der Waals surface area (Å²) in [6.07, 6.45) is 5.28. The Morgan fingerprint density at radius 3 is 2.62 bits per heavy atom. The molecule has 1 amide bonds. The maximum absolute atomic E-state index is 11.1. The molecule has 0 spiro atoms. The van der Waals surface area contributed by atoms with Crippen molar-refractivity contribution in [2.75, 3.05) is 0 Å². The van der Waals surface area contributed by atoms with Crippen LogP contribution < -0.4 is 5.73 Å². The number of hydrogen-bond acceptors (Lipinski definition) is 1. The van der Waals surface area contributed by atoms with Gasteiger partial charge in [-0.2, -0.15) is 0 Å². The smallest absolute Gasteiger partial charge is 0.220 e. The number of carbonyl (C=O) groups excluding carboxylic acids is 1. The molecule has 0 aromatic heterocycles. The van der Waals surface area contributed by atoms with Gasteiger partial charge in [-0.3, -0.25) is 4.79 Å². The van der Waals surface area contributed by atoms with Crippen molar-refractivity contribution in [1.82, 2.24) is 0 Å². The van der Waals surface area contributed by atoms with Crippen LogP contribution in [-0.2, 0) is 11.2 Å². The van der Waals surface area contributed by atoms with Crippen molar-refractivity contribution < 1.29 is 4.79 Å². The molecule has 0 unspecified atom stereocenters. The van der Waals surface area contributed by atoms with Gasteiger partial charge in [-0.25, -0.2) is 0 Å². The molecule has 0 aliphatic heterocycles. The van der Waals surface area contributed by atoms with Crippen LogP contribution in [0.4, 0.5) is 0 Å². The van der Waals surface area contributed by atoms with Gasteiger partial charge in [0, 0.05) is 5.92 Å². The third kappa shape index (κ3) is 4.30. The van der Waals surface area contributed by atoms with E-state index in [4.69, 9.17) is 5.73 Å². The monoisotopic (exact) mass is 217 g/mol. The summed E-state index contributed by atoms with van der Waals surface area (Å²) in [6.45, 7) is 3.64. The van der Waals surface area contributed by atoms with E-state index in [1.165, 1.54) is 5.56 Å². The lowest BCUT2D eigenvalue weighted by Gasteiger charge is -2.10. The summed E-state index contributed by atoms with van der Waals surface area (Å²) >= 11 is 0. The van der Waals surface area contributed by atoms with Crippen LogP contribution in [0.3, 0.4) is 0 Å². The molecule has 1 rings (SSSR count). The lowest BCUT2D eigenvalue weighted by atomic mass is 9.96. The van der Waals surface area contributed by atoms with Crippen LogP contribution in [0, 0.1) is 5.92 Å². The molecule has 2 heteroatoms. The second-order valence-corrected chi connectivity index (χ2v) is 4.00. The molecule has 0 heterocycles. The molecular weight excluding hydrogens is 198 g/mol. The Morgan fingerprint density at radius 2 is 2.06 bits per heavy atom. The molecule has 0 saturated heterocycles. The lowest BCUT2D eigenvalue weighted by molar-refractivity contribution is -0.121. The second-order valence-electron chi connectivity index (χ2n) is 4.00. The van der Waals surface area contributed by atoms with Crippen LogP contribution in [0.2, 0.25) is 0 Å². The Bertz CT molecular complexity index is 332. The minimum absolute atomic E-state index is 0.0544. The topological polar surface area (TPSA) is 43.1 Å². The van der Waals surface area contributed by atoms with Gasteiger partial charge in [0.2, 0.25) is 5.91 Å². The van der Waals surface area contributed by atoms with Crippen LogP contribution in [0.15, 0.2) is 43.0 Å². The summed E-state index contributed by atoms with van der Waals surface area (Å²) in [7, 11) is 0. The summed E-state index contributed by atoms with van der Waals surface area (Å²) in [6, 6.07) is 10.3. The van der Waals surface area contributed by atoms with Gasteiger partial charge in [-0.1, -0.05) is 36.4 Å². The summed E-state index contributed by atoms with van der Waals surface area (Å²) in [4.78, 5) is 11.1. The standard InChI is InChI=1S/C14H19NO/c1-2-7-13(14(15)16)11-6-10-12-8-4-3-5-9-12/h2-5,8-9,13H,1,6-7,10-11H2,(H2,15,16)/t13-/m1/s1. The molecule has 2 nitrogen and oxygen atoms in total. The Hall–Kier alpha value is -1.57. The molecule has 2 N–H and O–H groups in total. The number of rotatable bonds is 7. The maximum atomic E-state index is 11.1. The minimum atomic E-state index is -0.215. The second kappa shape index (κ2) is 6.83. The van der Waals surface area contributed by atoms with Gasteiger partial charge >= 0.3 is 0 Å². The third-order valence-electron chi connectivity index (χ3n) is 2.71. The molecule has 0 radical (unpaired) electrons. The average molecular weight is 217 g/mol. The zero-order valence-corrected chi connectivity index (χ0v) is 9.56. The largest absolute Gasteiger partial charge is 0.369 e. The van der Waals surface area contributed by atoms with E-state index in [0.29, 0.717) is 6.42 Å². The van der Waals surface area contributed by atoms with E-state index < -0.39 is 0 Å². The fourth-order valence-corrected chi connectivity index (χ4v) is 1.77. The Labute approximate surface area is 97.2 Å². The first kappa shape index (κ1) is 12.5. The molecule has 1 atom stereocenters. The van der Waals surface area contributed by atoms with Crippen molar-refractivity contribution in [2.24, 2.45) is 11.7 Å². The Balaban J connectivity index is 2.33. The minimum Gasteiger partial charge on any atom is -0.369 e. The van der Waals surface area contributed by atoms with E-state index in [1.807, 2.05) is 18.2 Å². The molecule has 0 bridgehead atoms. The number of benzene rings is 1. The lowest BCUT2D eigenvalue weighted by Crippen LogP contribution is -2.22. The molecule has 0 saturated carbocycles. The first-order valence-electron chi connectivity index (χ1n) is 5.68. The van der Waals surface area contributed by atoms with Crippen LogP contribution in [0.1, 0.15) is 24.8 Å². The molecule has 1 aromatic carbocycles. The summed E-state index contributed by atoms with van der Waals surface area (Å²) in [5, 5.41) is 0. The van der Waals surface area contributed by atoms with E-state index >= 15 is 0 Å². The number of aryl methyl sites for hydroxylation is 1. The number of amides is 1. The van der Waals surface area contributed by atoms with Crippen molar-refractivity contribution in [3.63, 3.8) is 0 Å². The van der Waals surface area contributed by atoms with Gasteiger partial charge < -0.3 is 5.73 Å². The first-order valence-corrected chi connectivity index (χ1v) is 5.68. The van der Waals surface area contributed by atoms with E-state index in [0.717, 1.165) is 19.3 Å². The van der Waals surface area contributed by atoms with Gasteiger partial charge in [0.15, 0.2) is 0 Å². The van der Waals surface area contributed by atoms with Crippen molar-refractivity contribution in [1.29, 1.82) is 0 Å². The number of allylic oxidation sites excluding steroid dienone is 1. The summed E-state index contributed by atoms with van der Waals surface area (Å²) in [5.41, 5.74) is 6.63. The zero-order chi connectivity index (χ0) is 11.8. The average Bonchev–Trinajstić information content (AvgIpc) is 2.29. The van der Waals surface area contributed by atoms with E-state index in [9.17, 15) is 4.79 Å². The predicted molar refractivity (Wildman–Crippen MR) is 66.9 cm³/mol. The summed E-state index contributed by atoms with van der Waals surface area (Å²) < 4.78 is 0. The van der Waals surface area contributed by atoms with Crippen molar-refractivity contribution >= 4 is 5.91 Å². The molecule has 0 aliphatic rings. The zero-order valence-electron chi connectivity index (χ0n) is 9.56. The predicted octanol–water partition coefficient (Wildman–Crippen LogP) is 2.69. The molecular formula is C14H19NO. The van der Waals surface area contributed by atoms with Crippen LogP contribution in [0.5, 0.6) is 0 Å². The van der Waals surface area contributed by atoms with E-state index in [1.54, 1.807) is 6.08 Å². The quantitative estimate of drug-likeness (QED) is 0.701. The highest BCUT2D eigenvalue weighted by molar-refractivity contribution is 5.76. The van der Waals surface area contributed by atoms with Crippen LogP contribution in [-0.4, -0.2) is 5.91 Å². The normalized spacial score (nSPS) is 12.0. The van der Waals surface area contributed by atoms with Gasteiger partial charge in [0.25, 0.3) is 0 Å². The van der Waals surface area contributed by atoms with Crippen molar-refractivity contribution in [3.8, 4) is 0 Å². The third-order valence-corrected chi connectivity index (χ3v) is 2.71. The Morgan fingerprint density at radius 1 is 1.38 bits per heavy atom. The van der Waals surface area contributed by atoms with E-state index in [2.05, 4.69) is 18.7 Å². The fourth-order valence-electron chi connectivity index (χ4n) is 1.77. The number of hydrogen-bond donors (Lipinski definition) is 1. The number of primary amides is 1. The molecule has 86 valence electrons. The SMILES string of the molecule is C=CC[C@H](CCCc1ccccc1)C(N)=O. The highest BCUT2D eigenvalue weighted by Crippen LogP contribution is 2.14. The first-order chi connectivity index (χ1) is 7.74. The van der Waals surface area contributed by atoms with Gasteiger partial charge in [0.05, 0.1) is 0 Å².